The number of hydrogen-bond acceptors (Lipinski definition) is 3. The summed E-state index contributed by atoms with van der Waals surface area (Å²) >= 11 is 0. The van der Waals surface area contributed by atoms with Crippen molar-refractivity contribution in [2.24, 2.45) is 0 Å². The van der Waals surface area contributed by atoms with Gasteiger partial charge in [-0.25, -0.2) is 4.79 Å². The fraction of sp³-hybridized carbons (Fsp3) is 0.278. The number of phenolic OH excluding ortho intramolecular Hbond substituents is 1. The van der Waals surface area contributed by atoms with E-state index in [9.17, 15) is 9.90 Å². The van der Waals surface area contributed by atoms with Crippen LogP contribution in [0.5, 0.6) is 11.5 Å². The molecular weight excluding hydrogens is 294 g/mol. The van der Waals surface area contributed by atoms with Crippen LogP contribution in [0.25, 0.3) is 21.8 Å². The smallest absolute Gasteiger partial charge is 0.341 e. The first-order valence-corrected chi connectivity index (χ1v) is 7.51. The van der Waals surface area contributed by atoms with Gasteiger partial charge in [-0.1, -0.05) is 13.8 Å². The Labute approximate surface area is 133 Å². The highest BCUT2D eigenvalue weighted by atomic mass is 16.5. The van der Waals surface area contributed by atoms with E-state index in [4.69, 9.17) is 9.84 Å². The SMILES string of the molecule is Cc1cc(OCC(=O)O)cc2c1[nH]c1ccc(O)c(C(C)C)c12. The third-order valence-electron chi connectivity index (χ3n) is 4.00. The molecule has 0 fully saturated rings. The lowest BCUT2D eigenvalue weighted by Gasteiger charge is -2.11. The second kappa shape index (κ2) is 5.50. The van der Waals surface area contributed by atoms with Crippen molar-refractivity contribution >= 4 is 27.8 Å². The highest BCUT2D eigenvalue weighted by molar-refractivity contribution is 6.11. The van der Waals surface area contributed by atoms with Gasteiger partial charge in [-0.15, -0.1) is 0 Å². The zero-order chi connectivity index (χ0) is 16.7. The van der Waals surface area contributed by atoms with Crippen LogP contribution in [0.4, 0.5) is 0 Å². The van der Waals surface area contributed by atoms with Crippen LogP contribution in [0.1, 0.15) is 30.9 Å². The molecule has 0 unspecified atom stereocenters. The molecule has 3 aromatic rings. The number of aromatic amines is 1. The fourth-order valence-electron chi connectivity index (χ4n) is 3.07. The van der Waals surface area contributed by atoms with E-state index in [-0.39, 0.29) is 18.3 Å². The van der Waals surface area contributed by atoms with Gasteiger partial charge >= 0.3 is 5.97 Å². The van der Waals surface area contributed by atoms with Crippen LogP contribution in [0.2, 0.25) is 0 Å². The number of fused-ring (bicyclic) bond motifs is 3. The molecule has 0 saturated heterocycles. The van der Waals surface area contributed by atoms with Gasteiger partial charge in [-0.3, -0.25) is 0 Å². The van der Waals surface area contributed by atoms with E-state index in [0.717, 1.165) is 32.9 Å². The van der Waals surface area contributed by atoms with Gasteiger partial charge in [0.25, 0.3) is 0 Å². The molecule has 5 heteroatoms. The van der Waals surface area contributed by atoms with Crippen molar-refractivity contribution in [2.75, 3.05) is 6.61 Å². The number of rotatable bonds is 4. The number of aryl methyl sites for hydroxylation is 1. The van der Waals surface area contributed by atoms with Gasteiger partial charge in [0.1, 0.15) is 11.5 Å². The molecule has 3 N–H and O–H groups in total. The van der Waals surface area contributed by atoms with E-state index in [0.29, 0.717) is 5.75 Å². The van der Waals surface area contributed by atoms with Gasteiger partial charge in [0.15, 0.2) is 6.61 Å². The van der Waals surface area contributed by atoms with Crippen LogP contribution in [-0.4, -0.2) is 27.8 Å². The lowest BCUT2D eigenvalue weighted by Crippen LogP contribution is -2.09. The minimum absolute atomic E-state index is 0.154. The lowest BCUT2D eigenvalue weighted by atomic mass is 9.95. The molecule has 0 spiro atoms. The van der Waals surface area contributed by atoms with E-state index < -0.39 is 5.97 Å². The molecule has 0 radical (unpaired) electrons. The van der Waals surface area contributed by atoms with Crippen molar-refractivity contribution < 1.29 is 19.7 Å². The van der Waals surface area contributed by atoms with Gasteiger partial charge in [0.2, 0.25) is 0 Å². The Bertz CT molecular complexity index is 908. The molecule has 0 aliphatic rings. The quantitative estimate of drug-likeness (QED) is 0.681. The van der Waals surface area contributed by atoms with Crippen LogP contribution >= 0.6 is 0 Å². The predicted octanol–water partition coefficient (Wildman–Crippen LogP) is 3.92. The standard InChI is InChI=1S/C18H19NO4/c1-9(2)16-14(20)5-4-13-17(16)12-7-11(23-8-15(21)22)6-10(3)18(12)19-13/h4-7,9,19-20H,8H2,1-3H3,(H,21,22). The number of ether oxygens (including phenoxy) is 1. The van der Waals surface area contributed by atoms with Crippen molar-refractivity contribution in [1.82, 2.24) is 4.98 Å². The maximum absolute atomic E-state index is 10.7. The van der Waals surface area contributed by atoms with Crippen molar-refractivity contribution in [3.8, 4) is 11.5 Å². The number of benzene rings is 2. The molecule has 0 aliphatic carbocycles. The van der Waals surface area contributed by atoms with Crippen molar-refractivity contribution in [3.63, 3.8) is 0 Å². The number of phenols is 1. The Morgan fingerprint density at radius 2 is 2.04 bits per heavy atom. The molecule has 2 aromatic carbocycles. The number of carbonyl (C=O) groups is 1. The molecule has 3 rings (SSSR count). The molecule has 0 aliphatic heterocycles. The van der Waals surface area contributed by atoms with Crippen molar-refractivity contribution in [2.45, 2.75) is 26.7 Å². The number of aromatic nitrogens is 1. The summed E-state index contributed by atoms with van der Waals surface area (Å²) in [6, 6.07) is 7.20. The van der Waals surface area contributed by atoms with Gasteiger partial charge in [0, 0.05) is 27.4 Å². The highest BCUT2D eigenvalue weighted by Gasteiger charge is 2.17. The fourth-order valence-corrected chi connectivity index (χ4v) is 3.07. The third kappa shape index (κ3) is 2.59. The van der Waals surface area contributed by atoms with E-state index >= 15 is 0 Å². The minimum Gasteiger partial charge on any atom is -0.508 e. The molecule has 0 saturated carbocycles. The van der Waals surface area contributed by atoms with E-state index in [1.807, 2.05) is 39.0 Å². The first-order valence-electron chi connectivity index (χ1n) is 7.51. The molecule has 0 bridgehead atoms. The third-order valence-corrected chi connectivity index (χ3v) is 4.00. The summed E-state index contributed by atoms with van der Waals surface area (Å²) in [6.07, 6.45) is 0. The molecule has 0 atom stereocenters. The normalized spacial score (nSPS) is 11.5. The summed E-state index contributed by atoms with van der Waals surface area (Å²) in [4.78, 5) is 14.1. The molecule has 23 heavy (non-hydrogen) atoms. The molecule has 1 heterocycles. The van der Waals surface area contributed by atoms with E-state index in [1.54, 1.807) is 6.07 Å². The van der Waals surface area contributed by atoms with Crippen molar-refractivity contribution in [1.29, 1.82) is 0 Å². The lowest BCUT2D eigenvalue weighted by molar-refractivity contribution is -0.139. The van der Waals surface area contributed by atoms with E-state index in [2.05, 4.69) is 4.98 Å². The van der Waals surface area contributed by atoms with E-state index in [1.165, 1.54) is 0 Å². The Balaban J connectivity index is 2.30. The number of nitrogens with one attached hydrogen (secondary N) is 1. The van der Waals surface area contributed by atoms with Crippen LogP contribution in [-0.2, 0) is 4.79 Å². The van der Waals surface area contributed by atoms with Gasteiger partial charge < -0.3 is 19.9 Å². The summed E-state index contributed by atoms with van der Waals surface area (Å²) in [5.41, 5.74) is 3.76. The maximum atomic E-state index is 10.7. The Morgan fingerprint density at radius 1 is 1.30 bits per heavy atom. The van der Waals surface area contributed by atoms with Gasteiger partial charge in [-0.2, -0.15) is 0 Å². The number of aromatic hydroxyl groups is 1. The summed E-state index contributed by atoms with van der Waals surface area (Å²) in [5, 5.41) is 20.9. The highest BCUT2D eigenvalue weighted by Crippen LogP contribution is 2.39. The Morgan fingerprint density at radius 3 is 2.70 bits per heavy atom. The molecular formula is C18H19NO4. The summed E-state index contributed by atoms with van der Waals surface area (Å²) in [5.74, 6) is -0.0805. The van der Waals surface area contributed by atoms with Crippen LogP contribution < -0.4 is 4.74 Å². The number of hydrogen-bond donors (Lipinski definition) is 3. The number of carboxylic acid groups (broad SMARTS) is 1. The summed E-state index contributed by atoms with van der Waals surface area (Å²) in [7, 11) is 0. The second-order valence-corrected chi connectivity index (χ2v) is 6.05. The van der Waals surface area contributed by atoms with Crippen molar-refractivity contribution in [3.05, 3.63) is 35.4 Å². The molecule has 0 amide bonds. The Kier molecular flexibility index (Phi) is 3.64. The molecule has 1 aromatic heterocycles. The summed E-state index contributed by atoms with van der Waals surface area (Å²) in [6.45, 7) is 5.63. The number of H-pyrrole nitrogens is 1. The first kappa shape index (κ1) is 15.2. The maximum Gasteiger partial charge on any atom is 0.341 e. The second-order valence-electron chi connectivity index (χ2n) is 6.05. The zero-order valence-electron chi connectivity index (χ0n) is 13.3. The topological polar surface area (TPSA) is 82.5 Å². The average molecular weight is 313 g/mol. The predicted molar refractivity (Wildman–Crippen MR) is 89.4 cm³/mol. The van der Waals surface area contributed by atoms with Gasteiger partial charge in [-0.05, 0) is 42.7 Å². The zero-order valence-corrected chi connectivity index (χ0v) is 13.3. The van der Waals surface area contributed by atoms with Crippen LogP contribution in [0.3, 0.4) is 0 Å². The summed E-state index contributed by atoms with van der Waals surface area (Å²) < 4.78 is 5.33. The number of aliphatic carboxylic acids is 1. The largest absolute Gasteiger partial charge is 0.508 e. The minimum atomic E-state index is -1.01. The molecule has 5 nitrogen and oxygen atoms in total. The van der Waals surface area contributed by atoms with Gasteiger partial charge in [0.05, 0.1) is 0 Å². The Hall–Kier alpha value is -2.69. The first-order chi connectivity index (χ1) is 10.9. The number of carboxylic acids is 1. The van der Waals surface area contributed by atoms with Crippen LogP contribution in [0.15, 0.2) is 24.3 Å². The van der Waals surface area contributed by atoms with Crippen LogP contribution in [0, 0.1) is 6.92 Å². The average Bonchev–Trinajstić information content (AvgIpc) is 2.84. The molecule has 120 valence electrons. The monoisotopic (exact) mass is 313 g/mol.